The number of furan rings is 1. The number of aromatic nitrogens is 2. The summed E-state index contributed by atoms with van der Waals surface area (Å²) in [5.74, 6) is 1.36. The number of nitrogens with zero attached hydrogens (tertiary/aromatic N) is 2. The maximum Gasteiger partial charge on any atom is 0.263 e. The Hall–Kier alpha value is -2.10. The number of thiophene rings is 1. The zero-order valence-corrected chi connectivity index (χ0v) is 19.6. The molecule has 0 aromatic carbocycles. The fourth-order valence-electron chi connectivity index (χ4n) is 3.95. The van der Waals surface area contributed by atoms with Gasteiger partial charge in [0, 0.05) is 18.0 Å². The summed E-state index contributed by atoms with van der Waals surface area (Å²) in [5, 5.41) is 4.17. The van der Waals surface area contributed by atoms with Crippen molar-refractivity contribution in [3.8, 4) is 0 Å². The Bertz CT molecular complexity index is 1120. The van der Waals surface area contributed by atoms with E-state index >= 15 is 0 Å². The van der Waals surface area contributed by atoms with Crippen LogP contribution in [0, 0.1) is 5.92 Å². The summed E-state index contributed by atoms with van der Waals surface area (Å²) in [7, 11) is 1.60. The van der Waals surface area contributed by atoms with Crippen LogP contribution in [0.4, 0.5) is 0 Å². The van der Waals surface area contributed by atoms with Crippen molar-refractivity contribution in [2.24, 2.45) is 5.92 Å². The highest BCUT2D eigenvalue weighted by Crippen LogP contribution is 2.36. The second-order valence-corrected chi connectivity index (χ2v) is 10.1. The Morgan fingerprint density at radius 3 is 3.10 bits per heavy atom. The summed E-state index contributed by atoms with van der Waals surface area (Å²) in [5.41, 5.74) is 1.11. The molecule has 1 amide bonds. The lowest BCUT2D eigenvalue weighted by atomic mass is 9.89. The van der Waals surface area contributed by atoms with Gasteiger partial charge in [-0.2, -0.15) is 0 Å². The molecule has 0 fully saturated rings. The molecule has 0 radical (unpaired) electrons. The van der Waals surface area contributed by atoms with Crippen LogP contribution in [0.25, 0.3) is 10.2 Å². The highest BCUT2D eigenvalue weighted by atomic mass is 32.2. The number of amides is 1. The van der Waals surface area contributed by atoms with Crippen LogP contribution in [-0.4, -0.2) is 41.0 Å². The van der Waals surface area contributed by atoms with Gasteiger partial charge in [0.05, 0.1) is 30.6 Å². The monoisotopic (exact) mass is 461 g/mol. The van der Waals surface area contributed by atoms with E-state index in [4.69, 9.17) is 14.1 Å². The molecule has 0 bridgehead atoms. The van der Waals surface area contributed by atoms with Gasteiger partial charge in [0.2, 0.25) is 5.91 Å². The van der Waals surface area contributed by atoms with Crippen LogP contribution in [0.3, 0.4) is 0 Å². The topological polar surface area (TPSA) is 86.4 Å². The number of methoxy groups -OCH3 is 1. The number of rotatable bonds is 8. The maximum atomic E-state index is 13.6. The number of thioether (sulfide) groups is 1. The summed E-state index contributed by atoms with van der Waals surface area (Å²) in [6, 6.07) is 3.57. The minimum Gasteiger partial charge on any atom is -0.467 e. The summed E-state index contributed by atoms with van der Waals surface area (Å²) >= 11 is 2.90. The van der Waals surface area contributed by atoms with Crippen molar-refractivity contribution >= 4 is 39.2 Å². The van der Waals surface area contributed by atoms with Crippen LogP contribution in [0.15, 0.2) is 32.8 Å². The van der Waals surface area contributed by atoms with Crippen molar-refractivity contribution in [2.75, 3.05) is 19.5 Å². The van der Waals surface area contributed by atoms with Gasteiger partial charge in [-0.05, 0) is 49.8 Å². The molecule has 1 N–H and O–H groups in total. The van der Waals surface area contributed by atoms with Crippen molar-refractivity contribution in [3.05, 3.63) is 45.0 Å². The summed E-state index contributed by atoms with van der Waals surface area (Å²) in [6.07, 6.45) is 4.60. The van der Waals surface area contributed by atoms with Gasteiger partial charge in [-0.3, -0.25) is 14.2 Å². The van der Waals surface area contributed by atoms with E-state index in [-0.39, 0.29) is 23.3 Å². The predicted octanol–water partition coefficient (Wildman–Crippen LogP) is 3.47. The third-order valence-corrected chi connectivity index (χ3v) is 7.56. The van der Waals surface area contributed by atoms with Crippen LogP contribution in [0.5, 0.6) is 0 Å². The molecule has 9 heteroatoms. The molecule has 0 saturated carbocycles. The fraction of sp³-hybridized carbons (Fsp3) is 0.500. The third kappa shape index (κ3) is 4.88. The smallest absolute Gasteiger partial charge is 0.263 e. The zero-order chi connectivity index (χ0) is 22.0. The molecule has 0 saturated heterocycles. The SMILES string of the molecule is COCC(C)NC(=O)CSc1nc2sc3c(c2c(=O)n1Cc1ccco1)CCC(C)C3. The van der Waals surface area contributed by atoms with E-state index < -0.39 is 0 Å². The zero-order valence-electron chi connectivity index (χ0n) is 18.0. The number of hydrogen-bond donors (Lipinski definition) is 1. The third-order valence-electron chi connectivity index (χ3n) is 5.43. The van der Waals surface area contributed by atoms with Gasteiger partial charge in [-0.15, -0.1) is 11.3 Å². The van der Waals surface area contributed by atoms with Gasteiger partial charge in [0.25, 0.3) is 5.56 Å². The van der Waals surface area contributed by atoms with E-state index in [9.17, 15) is 9.59 Å². The molecule has 0 aliphatic heterocycles. The van der Waals surface area contributed by atoms with Crippen LogP contribution in [0.2, 0.25) is 0 Å². The van der Waals surface area contributed by atoms with Crippen molar-refractivity contribution in [2.45, 2.75) is 50.9 Å². The Morgan fingerprint density at radius 1 is 1.52 bits per heavy atom. The molecule has 3 aromatic heterocycles. The number of ether oxygens (including phenoxy) is 1. The van der Waals surface area contributed by atoms with Crippen LogP contribution >= 0.6 is 23.1 Å². The van der Waals surface area contributed by atoms with Gasteiger partial charge in [-0.25, -0.2) is 4.98 Å². The lowest BCUT2D eigenvalue weighted by molar-refractivity contribution is -0.119. The minimum absolute atomic E-state index is 0.0517. The number of aryl methyl sites for hydroxylation is 1. The second kappa shape index (κ2) is 9.58. The molecular weight excluding hydrogens is 434 g/mol. The summed E-state index contributed by atoms with van der Waals surface area (Å²) in [6.45, 7) is 4.88. The van der Waals surface area contributed by atoms with Crippen molar-refractivity contribution < 1.29 is 13.9 Å². The first-order valence-electron chi connectivity index (χ1n) is 10.4. The van der Waals surface area contributed by atoms with Crippen molar-refractivity contribution in [3.63, 3.8) is 0 Å². The molecule has 0 spiro atoms. The largest absolute Gasteiger partial charge is 0.467 e. The number of fused-ring (bicyclic) bond motifs is 3. The number of nitrogens with one attached hydrogen (secondary N) is 1. The maximum absolute atomic E-state index is 13.6. The van der Waals surface area contributed by atoms with E-state index in [1.165, 1.54) is 16.6 Å². The lowest BCUT2D eigenvalue weighted by Gasteiger charge is -2.17. The quantitative estimate of drug-likeness (QED) is 0.408. The average molecular weight is 462 g/mol. The Kier molecular flexibility index (Phi) is 6.83. The highest BCUT2D eigenvalue weighted by molar-refractivity contribution is 7.99. The van der Waals surface area contributed by atoms with Crippen LogP contribution in [0.1, 0.15) is 36.5 Å². The normalized spacial score (nSPS) is 16.9. The molecule has 166 valence electrons. The lowest BCUT2D eigenvalue weighted by Crippen LogP contribution is -2.36. The van der Waals surface area contributed by atoms with Gasteiger partial charge in [-0.1, -0.05) is 18.7 Å². The molecule has 2 atom stereocenters. The molecule has 3 heterocycles. The first kappa shape index (κ1) is 22.1. The van der Waals surface area contributed by atoms with E-state index in [0.29, 0.717) is 30.0 Å². The fourth-order valence-corrected chi connectivity index (χ4v) is 6.18. The van der Waals surface area contributed by atoms with Gasteiger partial charge < -0.3 is 14.5 Å². The number of carbonyl (C=O) groups excluding carboxylic acids is 1. The molecule has 4 rings (SSSR count). The van der Waals surface area contributed by atoms with E-state index in [1.807, 2.05) is 13.0 Å². The van der Waals surface area contributed by atoms with E-state index in [1.54, 1.807) is 35.3 Å². The molecule has 1 aliphatic rings. The molecule has 1 aliphatic carbocycles. The van der Waals surface area contributed by atoms with E-state index in [2.05, 4.69) is 12.2 Å². The second-order valence-electron chi connectivity index (χ2n) is 8.11. The number of hydrogen-bond acceptors (Lipinski definition) is 7. The van der Waals surface area contributed by atoms with Crippen molar-refractivity contribution in [1.29, 1.82) is 0 Å². The molecule has 2 unspecified atom stereocenters. The average Bonchev–Trinajstić information content (AvgIpc) is 3.35. The summed E-state index contributed by atoms with van der Waals surface area (Å²) < 4.78 is 12.2. The summed E-state index contributed by atoms with van der Waals surface area (Å²) in [4.78, 5) is 32.8. The molecular formula is C22H27N3O4S2. The Balaban J connectivity index is 1.67. The molecule has 3 aromatic rings. The minimum atomic E-state index is -0.118. The first-order chi connectivity index (χ1) is 15.0. The predicted molar refractivity (Wildman–Crippen MR) is 123 cm³/mol. The Morgan fingerprint density at radius 2 is 2.35 bits per heavy atom. The van der Waals surface area contributed by atoms with Gasteiger partial charge in [0.15, 0.2) is 5.16 Å². The van der Waals surface area contributed by atoms with Gasteiger partial charge in [0.1, 0.15) is 10.6 Å². The Labute approximate surface area is 189 Å². The van der Waals surface area contributed by atoms with Crippen LogP contribution in [-0.2, 0) is 28.9 Å². The standard InChI is InChI=1S/C22H27N3O4S2/c1-13-6-7-16-17(9-13)31-20-19(16)21(27)25(10-15-5-4-8-29-15)22(24-20)30-12-18(26)23-14(2)11-28-3/h4-5,8,13-14H,6-7,9-12H2,1-3H3,(H,23,26). The first-order valence-corrected chi connectivity index (χ1v) is 12.2. The number of carbonyl (C=O) groups is 1. The van der Waals surface area contributed by atoms with Gasteiger partial charge >= 0.3 is 0 Å². The van der Waals surface area contributed by atoms with Crippen molar-refractivity contribution in [1.82, 2.24) is 14.9 Å². The molecule has 7 nitrogen and oxygen atoms in total. The van der Waals surface area contributed by atoms with Crippen LogP contribution < -0.4 is 10.9 Å². The molecule has 31 heavy (non-hydrogen) atoms. The highest BCUT2D eigenvalue weighted by Gasteiger charge is 2.25. The van der Waals surface area contributed by atoms with E-state index in [0.717, 1.165) is 35.0 Å².